The molecule has 0 unspecified atom stereocenters. The summed E-state index contributed by atoms with van der Waals surface area (Å²) in [6.07, 6.45) is 7.07. The molecule has 4 rings (SSSR count). The first-order chi connectivity index (χ1) is 12.5. The summed E-state index contributed by atoms with van der Waals surface area (Å²) < 4.78 is 0. The van der Waals surface area contributed by atoms with Gasteiger partial charge < -0.3 is 10.2 Å². The summed E-state index contributed by atoms with van der Waals surface area (Å²) in [6, 6.07) is 11.5. The van der Waals surface area contributed by atoms with E-state index in [-0.39, 0.29) is 5.54 Å². The third kappa shape index (κ3) is 3.42. The Morgan fingerprint density at radius 1 is 1.12 bits per heavy atom. The SMILES string of the molecule is CCc1cc(N2Cc3ccccc3CC2(C)C)nc(NC2CCCC2)n1. The molecule has 1 aromatic carbocycles. The molecular weight excluding hydrogens is 320 g/mol. The fourth-order valence-electron chi connectivity index (χ4n) is 4.34. The summed E-state index contributed by atoms with van der Waals surface area (Å²) in [5, 5.41) is 3.59. The van der Waals surface area contributed by atoms with E-state index in [2.05, 4.69) is 61.3 Å². The van der Waals surface area contributed by atoms with Gasteiger partial charge in [-0.15, -0.1) is 0 Å². The van der Waals surface area contributed by atoms with Crippen LogP contribution in [0.4, 0.5) is 11.8 Å². The number of hydrogen-bond acceptors (Lipinski definition) is 4. The molecule has 0 bridgehead atoms. The molecule has 2 aromatic rings. The highest BCUT2D eigenvalue weighted by atomic mass is 15.3. The van der Waals surface area contributed by atoms with Crippen molar-refractivity contribution in [3.05, 3.63) is 47.2 Å². The normalized spacial score (nSPS) is 19.4. The van der Waals surface area contributed by atoms with Crippen LogP contribution in [0.15, 0.2) is 30.3 Å². The van der Waals surface area contributed by atoms with Gasteiger partial charge in [0, 0.05) is 29.9 Å². The van der Waals surface area contributed by atoms with E-state index in [1.54, 1.807) is 0 Å². The minimum Gasteiger partial charge on any atom is -0.351 e. The zero-order chi connectivity index (χ0) is 18.1. The molecule has 138 valence electrons. The molecule has 1 aromatic heterocycles. The lowest BCUT2D eigenvalue weighted by Gasteiger charge is -2.44. The number of aryl methyl sites for hydroxylation is 1. The van der Waals surface area contributed by atoms with Gasteiger partial charge >= 0.3 is 0 Å². The topological polar surface area (TPSA) is 41.1 Å². The highest BCUT2D eigenvalue weighted by Crippen LogP contribution is 2.34. The number of nitrogens with one attached hydrogen (secondary N) is 1. The molecule has 4 heteroatoms. The Morgan fingerprint density at radius 3 is 2.58 bits per heavy atom. The van der Waals surface area contributed by atoms with E-state index >= 15 is 0 Å². The van der Waals surface area contributed by atoms with Gasteiger partial charge in [0.15, 0.2) is 0 Å². The lowest BCUT2D eigenvalue weighted by Crippen LogP contribution is -2.49. The highest BCUT2D eigenvalue weighted by Gasteiger charge is 2.34. The van der Waals surface area contributed by atoms with Gasteiger partial charge in [-0.1, -0.05) is 44.0 Å². The van der Waals surface area contributed by atoms with Gasteiger partial charge in [0.25, 0.3) is 0 Å². The Labute approximate surface area is 157 Å². The number of anilines is 2. The van der Waals surface area contributed by atoms with Crippen LogP contribution in [0.5, 0.6) is 0 Å². The third-order valence-electron chi connectivity index (χ3n) is 5.89. The molecule has 26 heavy (non-hydrogen) atoms. The number of nitrogens with zero attached hydrogens (tertiary/aromatic N) is 3. The van der Waals surface area contributed by atoms with Gasteiger partial charge in [0.1, 0.15) is 5.82 Å². The average Bonchev–Trinajstić information content (AvgIpc) is 3.13. The van der Waals surface area contributed by atoms with E-state index in [0.29, 0.717) is 6.04 Å². The molecule has 1 aliphatic carbocycles. The molecule has 0 saturated heterocycles. The van der Waals surface area contributed by atoms with E-state index in [0.717, 1.165) is 36.8 Å². The molecule has 1 saturated carbocycles. The molecule has 1 aliphatic heterocycles. The summed E-state index contributed by atoms with van der Waals surface area (Å²) in [6.45, 7) is 7.72. The Kier molecular flexibility index (Phi) is 4.60. The van der Waals surface area contributed by atoms with Crippen molar-refractivity contribution in [1.29, 1.82) is 0 Å². The lowest BCUT2D eigenvalue weighted by molar-refractivity contribution is 0.427. The number of benzene rings is 1. The Hall–Kier alpha value is -2.10. The van der Waals surface area contributed by atoms with Crippen LogP contribution in [0.2, 0.25) is 0 Å². The van der Waals surface area contributed by atoms with E-state index < -0.39 is 0 Å². The van der Waals surface area contributed by atoms with Crippen LogP contribution in [0.25, 0.3) is 0 Å². The van der Waals surface area contributed by atoms with Crippen LogP contribution in [0, 0.1) is 0 Å². The smallest absolute Gasteiger partial charge is 0.225 e. The van der Waals surface area contributed by atoms with E-state index in [4.69, 9.17) is 9.97 Å². The lowest BCUT2D eigenvalue weighted by atomic mass is 9.85. The second-order valence-corrected chi connectivity index (χ2v) is 8.36. The van der Waals surface area contributed by atoms with Crippen LogP contribution < -0.4 is 10.2 Å². The largest absolute Gasteiger partial charge is 0.351 e. The number of aromatic nitrogens is 2. The van der Waals surface area contributed by atoms with E-state index in [9.17, 15) is 0 Å². The molecule has 0 spiro atoms. The van der Waals surface area contributed by atoms with Gasteiger partial charge in [-0.05, 0) is 50.7 Å². The summed E-state index contributed by atoms with van der Waals surface area (Å²) in [5.41, 5.74) is 4.03. The first-order valence-corrected chi connectivity index (χ1v) is 10.0. The summed E-state index contributed by atoms with van der Waals surface area (Å²) in [5.74, 6) is 1.86. The van der Waals surface area contributed by atoms with Gasteiger partial charge in [-0.25, -0.2) is 4.98 Å². The van der Waals surface area contributed by atoms with Crippen LogP contribution in [0.3, 0.4) is 0 Å². The van der Waals surface area contributed by atoms with Gasteiger partial charge in [0.05, 0.1) is 0 Å². The van der Waals surface area contributed by atoms with Crippen molar-refractivity contribution in [2.24, 2.45) is 0 Å². The fraction of sp³-hybridized carbons (Fsp3) is 0.545. The van der Waals surface area contributed by atoms with Crippen molar-refractivity contribution in [1.82, 2.24) is 9.97 Å². The molecule has 1 fully saturated rings. The van der Waals surface area contributed by atoms with Crippen molar-refractivity contribution < 1.29 is 0 Å². The monoisotopic (exact) mass is 350 g/mol. The van der Waals surface area contributed by atoms with Gasteiger partial charge in [-0.3, -0.25) is 0 Å². The first kappa shape index (κ1) is 17.3. The van der Waals surface area contributed by atoms with Crippen molar-refractivity contribution in [3.8, 4) is 0 Å². The van der Waals surface area contributed by atoms with Crippen molar-refractivity contribution in [3.63, 3.8) is 0 Å². The van der Waals surface area contributed by atoms with Crippen molar-refractivity contribution in [2.45, 2.75) is 77.4 Å². The molecular formula is C22H30N4. The van der Waals surface area contributed by atoms with Gasteiger partial charge in [-0.2, -0.15) is 4.98 Å². The zero-order valence-electron chi connectivity index (χ0n) is 16.3. The van der Waals surface area contributed by atoms with Crippen LogP contribution >= 0.6 is 0 Å². The minimum absolute atomic E-state index is 0.0400. The minimum atomic E-state index is 0.0400. The number of hydrogen-bond donors (Lipinski definition) is 1. The molecule has 0 amide bonds. The Bertz CT molecular complexity index is 777. The number of fused-ring (bicyclic) bond motifs is 1. The summed E-state index contributed by atoms with van der Waals surface area (Å²) in [7, 11) is 0. The Balaban J connectivity index is 1.67. The molecule has 2 aliphatic rings. The summed E-state index contributed by atoms with van der Waals surface area (Å²) in [4.78, 5) is 12.1. The Morgan fingerprint density at radius 2 is 1.85 bits per heavy atom. The molecule has 0 atom stereocenters. The number of rotatable bonds is 4. The van der Waals surface area contributed by atoms with Crippen LogP contribution in [-0.2, 0) is 19.4 Å². The zero-order valence-corrected chi connectivity index (χ0v) is 16.3. The van der Waals surface area contributed by atoms with Crippen LogP contribution in [-0.4, -0.2) is 21.5 Å². The molecule has 4 nitrogen and oxygen atoms in total. The maximum Gasteiger partial charge on any atom is 0.225 e. The van der Waals surface area contributed by atoms with Gasteiger partial charge in [0.2, 0.25) is 5.95 Å². The second-order valence-electron chi connectivity index (χ2n) is 8.36. The molecule has 1 N–H and O–H groups in total. The predicted molar refractivity (Wildman–Crippen MR) is 108 cm³/mol. The maximum absolute atomic E-state index is 4.94. The second kappa shape index (κ2) is 6.90. The van der Waals surface area contributed by atoms with E-state index in [1.165, 1.54) is 36.8 Å². The maximum atomic E-state index is 4.94. The van der Waals surface area contributed by atoms with Crippen LogP contribution in [0.1, 0.15) is 63.3 Å². The van der Waals surface area contributed by atoms with Crippen molar-refractivity contribution >= 4 is 11.8 Å². The summed E-state index contributed by atoms with van der Waals surface area (Å²) >= 11 is 0. The molecule has 0 radical (unpaired) electrons. The standard InChI is InChI=1S/C22H30N4/c1-4-18-13-20(25-21(23-18)24-19-11-7-8-12-19)26-15-17-10-6-5-9-16(17)14-22(26,2)3/h5-6,9-10,13,19H,4,7-8,11-12,14-15H2,1-3H3,(H,23,24,25). The van der Waals surface area contributed by atoms with E-state index in [1.807, 2.05) is 0 Å². The average molecular weight is 351 g/mol. The predicted octanol–water partition coefficient (Wildman–Crippen LogP) is 4.73. The molecule has 2 heterocycles. The first-order valence-electron chi connectivity index (χ1n) is 10.0. The third-order valence-corrected chi connectivity index (χ3v) is 5.89. The fourth-order valence-corrected chi connectivity index (χ4v) is 4.34. The quantitative estimate of drug-likeness (QED) is 0.865. The highest BCUT2D eigenvalue weighted by molar-refractivity contribution is 5.51. The van der Waals surface area contributed by atoms with Crippen molar-refractivity contribution in [2.75, 3.05) is 10.2 Å².